The van der Waals surface area contributed by atoms with Gasteiger partial charge in [-0.3, -0.25) is 0 Å². The van der Waals surface area contributed by atoms with Gasteiger partial charge in [-0.1, -0.05) is 24.6 Å². The van der Waals surface area contributed by atoms with E-state index in [1.54, 1.807) is 11.3 Å². The number of aryl methyl sites for hydroxylation is 1. The van der Waals surface area contributed by atoms with Crippen LogP contribution in [0.25, 0.3) is 0 Å². The number of nitrogens with one attached hydrogen (secondary N) is 1. The van der Waals surface area contributed by atoms with Crippen LogP contribution < -0.4 is 10.1 Å². The van der Waals surface area contributed by atoms with Gasteiger partial charge in [-0.2, -0.15) is 0 Å². The number of rotatable bonds is 3. The summed E-state index contributed by atoms with van der Waals surface area (Å²) in [7, 11) is 0. The van der Waals surface area contributed by atoms with Gasteiger partial charge in [-0.15, -0.1) is 11.3 Å². The van der Waals surface area contributed by atoms with E-state index in [-0.39, 0.29) is 6.10 Å². The summed E-state index contributed by atoms with van der Waals surface area (Å²) in [6.07, 6.45) is 2.85. The molecule has 0 amide bonds. The molecule has 0 spiro atoms. The zero-order valence-electron chi connectivity index (χ0n) is 11.2. The predicted octanol–water partition coefficient (Wildman–Crippen LogP) is 3.63. The molecule has 2 atom stereocenters. The molecule has 1 aromatic heterocycles. The van der Waals surface area contributed by atoms with Crippen molar-refractivity contribution < 1.29 is 4.74 Å². The van der Waals surface area contributed by atoms with Crippen molar-refractivity contribution in [3.63, 3.8) is 0 Å². The number of thiazole rings is 1. The Morgan fingerprint density at radius 1 is 1.47 bits per heavy atom. The molecule has 0 radical (unpaired) electrons. The molecule has 2 unspecified atom stereocenters. The lowest BCUT2D eigenvalue weighted by molar-refractivity contribution is 0.151. The Labute approximate surface area is 117 Å². The fourth-order valence-electron chi connectivity index (χ4n) is 2.57. The Morgan fingerprint density at radius 2 is 2.37 bits per heavy atom. The van der Waals surface area contributed by atoms with Crippen molar-refractivity contribution in [2.24, 2.45) is 0 Å². The van der Waals surface area contributed by atoms with E-state index in [0.717, 1.165) is 23.7 Å². The molecule has 0 saturated heterocycles. The summed E-state index contributed by atoms with van der Waals surface area (Å²) in [5.74, 6) is 0.989. The number of nitrogens with zero attached hydrogens (tertiary/aromatic N) is 1. The third-order valence-corrected chi connectivity index (χ3v) is 4.30. The van der Waals surface area contributed by atoms with Crippen LogP contribution >= 0.6 is 11.3 Å². The van der Waals surface area contributed by atoms with Gasteiger partial charge in [-0.25, -0.2) is 4.98 Å². The van der Waals surface area contributed by atoms with Crippen molar-refractivity contribution in [1.82, 2.24) is 10.3 Å². The first kappa shape index (κ1) is 12.6. The molecule has 4 heteroatoms. The largest absolute Gasteiger partial charge is 0.483 e. The lowest BCUT2D eigenvalue weighted by Crippen LogP contribution is -2.29. The Morgan fingerprint density at radius 3 is 3.11 bits per heavy atom. The van der Waals surface area contributed by atoms with Gasteiger partial charge in [0, 0.05) is 29.6 Å². The molecule has 1 aliphatic rings. The number of benzene rings is 1. The molecule has 2 heterocycles. The van der Waals surface area contributed by atoms with Crippen LogP contribution in [0.2, 0.25) is 0 Å². The van der Waals surface area contributed by atoms with E-state index < -0.39 is 0 Å². The normalized spacial score (nSPS) is 21.8. The van der Waals surface area contributed by atoms with E-state index in [9.17, 15) is 0 Å². The quantitative estimate of drug-likeness (QED) is 0.928. The second-order valence-corrected chi connectivity index (χ2v) is 5.79. The summed E-state index contributed by atoms with van der Waals surface area (Å²) in [6, 6.07) is 6.75. The zero-order chi connectivity index (χ0) is 13.2. The summed E-state index contributed by atoms with van der Waals surface area (Å²) in [4.78, 5) is 4.39. The van der Waals surface area contributed by atoms with Gasteiger partial charge in [-0.05, 0) is 19.5 Å². The summed E-state index contributed by atoms with van der Waals surface area (Å²) < 4.78 is 6.12. The molecule has 3 rings (SSSR count). The van der Waals surface area contributed by atoms with Crippen molar-refractivity contribution in [2.75, 3.05) is 6.54 Å². The molecule has 100 valence electrons. The van der Waals surface area contributed by atoms with Crippen LogP contribution in [-0.2, 0) is 0 Å². The lowest BCUT2D eigenvalue weighted by Gasteiger charge is -2.32. The van der Waals surface area contributed by atoms with Crippen molar-refractivity contribution in [3.05, 3.63) is 45.9 Å². The summed E-state index contributed by atoms with van der Waals surface area (Å²) in [6.45, 7) is 5.22. The van der Waals surface area contributed by atoms with E-state index >= 15 is 0 Å². The lowest BCUT2D eigenvalue weighted by atomic mass is 9.95. The van der Waals surface area contributed by atoms with Crippen molar-refractivity contribution in [1.29, 1.82) is 0 Å². The Kier molecular flexibility index (Phi) is 3.53. The van der Waals surface area contributed by atoms with Crippen LogP contribution in [0.15, 0.2) is 29.8 Å². The van der Waals surface area contributed by atoms with Crippen LogP contribution in [0.5, 0.6) is 5.75 Å². The highest BCUT2D eigenvalue weighted by molar-refractivity contribution is 7.09. The molecule has 1 aliphatic heterocycles. The third kappa shape index (κ3) is 2.51. The second-order valence-electron chi connectivity index (χ2n) is 4.86. The molecular weight excluding hydrogens is 256 g/mol. The minimum atomic E-state index is 0.0688. The summed E-state index contributed by atoms with van der Waals surface area (Å²) in [5, 5.41) is 6.63. The molecule has 0 aliphatic carbocycles. The van der Waals surface area contributed by atoms with Gasteiger partial charge in [0.05, 0.1) is 0 Å². The fraction of sp³-hybridized carbons (Fsp3) is 0.400. The molecule has 0 fully saturated rings. The zero-order valence-corrected chi connectivity index (χ0v) is 12.0. The Bertz CT molecular complexity index is 553. The maximum Gasteiger partial charge on any atom is 0.152 e. The average molecular weight is 274 g/mol. The minimum absolute atomic E-state index is 0.0688. The number of hydrogen-bond donors (Lipinski definition) is 1. The molecule has 3 nitrogen and oxygen atoms in total. The second kappa shape index (κ2) is 5.31. The van der Waals surface area contributed by atoms with E-state index in [1.165, 1.54) is 11.1 Å². The van der Waals surface area contributed by atoms with Crippen LogP contribution in [-0.4, -0.2) is 11.5 Å². The van der Waals surface area contributed by atoms with Crippen molar-refractivity contribution >= 4 is 11.3 Å². The first-order chi connectivity index (χ1) is 9.28. The molecule has 1 aromatic carbocycles. The first-order valence-electron chi connectivity index (χ1n) is 6.68. The van der Waals surface area contributed by atoms with Crippen LogP contribution in [0.1, 0.15) is 41.6 Å². The summed E-state index contributed by atoms with van der Waals surface area (Å²) in [5.41, 5.74) is 2.55. The molecular formula is C15H18N2OS. The average Bonchev–Trinajstić information content (AvgIpc) is 2.93. The van der Waals surface area contributed by atoms with Gasteiger partial charge in [0.15, 0.2) is 6.10 Å². The van der Waals surface area contributed by atoms with Gasteiger partial charge in [0.25, 0.3) is 0 Å². The van der Waals surface area contributed by atoms with Crippen LogP contribution in [0.3, 0.4) is 0 Å². The highest BCUT2D eigenvalue weighted by Gasteiger charge is 2.30. The van der Waals surface area contributed by atoms with Gasteiger partial charge in [0.2, 0.25) is 0 Å². The highest BCUT2D eigenvalue weighted by Crippen LogP contribution is 2.41. The predicted molar refractivity (Wildman–Crippen MR) is 77.7 cm³/mol. The smallest absolute Gasteiger partial charge is 0.152 e. The summed E-state index contributed by atoms with van der Waals surface area (Å²) >= 11 is 1.66. The van der Waals surface area contributed by atoms with E-state index in [4.69, 9.17) is 4.74 Å². The van der Waals surface area contributed by atoms with Crippen molar-refractivity contribution in [3.8, 4) is 5.75 Å². The molecule has 0 saturated carbocycles. The first-order valence-corrected chi connectivity index (χ1v) is 7.56. The van der Waals surface area contributed by atoms with E-state index in [1.807, 2.05) is 11.6 Å². The molecule has 0 bridgehead atoms. The van der Waals surface area contributed by atoms with Crippen LogP contribution in [0.4, 0.5) is 0 Å². The third-order valence-electron chi connectivity index (χ3n) is 3.44. The number of aromatic nitrogens is 1. The van der Waals surface area contributed by atoms with Gasteiger partial charge < -0.3 is 10.1 Å². The van der Waals surface area contributed by atoms with Gasteiger partial charge in [0.1, 0.15) is 10.8 Å². The minimum Gasteiger partial charge on any atom is -0.483 e. The van der Waals surface area contributed by atoms with E-state index in [2.05, 4.69) is 42.3 Å². The van der Waals surface area contributed by atoms with Crippen LogP contribution in [0, 0.1) is 6.92 Å². The number of ether oxygens (including phenoxy) is 1. The molecule has 2 aromatic rings. The maximum absolute atomic E-state index is 6.12. The Balaban J connectivity index is 1.95. The van der Waals surface area contributed by atoms with Gasteiger partial charge >= 0.3 is 0 Å². The van der Waals surface area contributed by atoms with E-state index in [0.29, 0.717) is 6.04 Å². The fourth-order valence-corrected chi connectivity index (χ4v) is 3.25. The monoisotopic (exact) mass is 274 g/mol. The maximum atomic E-state index is 6.12. The standard InChI is InChI=1S/C15H18N2OS/c1-3-16-12-9-14(15-17-6-7-19-15)18-13-5-4-10(2)8-11(12)13/h4-8,12,14,16H,3,9H2,1-2H3. The molecule has 19 heavy (non-hydrogen) atoms. The SMILES string of the molecule is CCNC1CC(c2nccs2)Oc2ccc(C)cc21. The number of fused-ring (bicyclic) bond motifs is 1. The van der Waals surface area contributed by atoms with Crippen molar-refractivity contribution in [2.45, 2.75) is 32.4 Å². The topological polar surface area (TPSA) is 34.2 Å². The highest BCUT2D eigenvalue weighted by atomic mass is 32.1. The molecule has 1 N–H and O–H groups in total. The number of hydrogen-bond acceptors (Lipinski definition) is 4. The Hall–Kier alpha value is -1.39.